The number of aromatic nitrogens is 2. The Bertz CT molecular complexity index is 523. The van der Waals surface area contributed by atoms with E-state index in [0.29, 0.717) is 5.92 Å². The summed E-state index contributed by atoms with van der Waals surface area (Å²) in [6.07, 6.45) is 4.35. The van der Waals surface area contributed by atoms with Gasteiger partial charge >= 0.3 is 0 Å². The molecule has 0 saturated carbocycles. The van der Waals surface area contributed by atoms with E-state index in [9.17, 15) is 5.11 Å². The van der Waals surface area contributed by atoms with Crippen LogP contribution in [0.2, 0.25) is 0 Å². The van der Waals surface area contributed by atoms with Crippen LogP contribution in [-0.4, -0.2) is 39.2 Å². The Labute approximate surface area is 117 Å². The summed E-state index contributed by atoms with van der Waals surface area (Å²) in [6.45, 7) is 4.66. The maximum atomic E-state index is 10.4. The van der Waals surface area contributed by atoms with Crippen molar-refractivity contribution in [2.45, 2.75) is 31.9 Å². The van der Waals surface area contributed by atoms with Gasteiger partial charge in [0.05, 0.1) is 12.6 Å². The van der Waals surface area contributed by atoms with Crippen molar-refractivity contribution >= 4 is 11.3 Å². The third-order valence-corrected chi connectivity index (χ3v) is 4.98. The summed E-state index contributed by atoms with van der Waals surface area (Å²) in [7, 11) is 0. The SMILES string of the molecule is Cc1ccsc1[C@@H]1CCN(Cc2ncc[nH]2)C[C@H]1O. The second-order valence-electron chi connectivity index (χ2n) is 5.20. The van der Waals surface area contributed by atoms with E-state index < -0.39 is 0 Å². The number of hydrogen-bond donors (Lipinski definition) is 2. The van der Waals surface area contributed by atoms with Crippen LogP contribution in [-0.2, 0) is 6.54 Å². The molecule has 4 nitrogen and oxygen atoms in total. The van der Waals surface area contributed by atoms with Gasteiger partial charge in [-0.3, -0.25) is 4.90 Å². The fraction of sp³-hybridized carbons (Fsp3) is 0.500. The summed E-state index contributed by atoms with van der Waals surface area (Å²) in [5, 5.41) is 12.5. The first-order valence-electron chi connectivity index (χ1n) is 6.66. The van der Waals surface area contributed by atoms with Gasteiger partial charge in [-0.15, -0.1) is 11.3 Å². The lowest BCUT2D eigenvalue weighted by Gasteiger charge is -2.35. The largest absolute Gasteiger partial charge is 0.391 e. The lowest BCUT2D eigenvalue weighted by molar-refractivity contribution is 0.0475. The molecular formula is C14H19N3OS. The first-order valence-corrected chi connectivity index (χ1v) is 7.54. The second kappa shape index (κ2) is 5.45. The van der Waals surface area contributed by atoms with Crippen molar-refractivity contribution in [3.63, 3.8) is 0 Å². The molecule has 1 fully saturated rings. The Morgan fingerprint density at radius 3 is 3.11 bits per heavy atom. The number of likely N-dealkylation sites (tertiary alicyclic amines) is 1. The van der Waals surface area contributed by atoms with Crippen molar-refractivity contribution < 1.29 is 5.11 Å². The fourth-order valence-electron chi connectivity index (χ4n) is 2.81. The number of thiophene rings is 1. The van der Waals surface area contributed by atoms with Crippen molar-refractivity contribution in [2.24, 2.45) is 0 Å². The number of imidazole rings is 1. The van der Waals surface area contributed by atoms with Gasteiger partial charge in [-0.1, -0.05) is 0 Å². The van der Waals surface area contributed by atoms with Crippen molar-refractivity contribution in [3.05, 3.63) is 40.1 Å². The smallest absolute Gasteiger partial charge is 0.120 e. The minimum Gasteiger partial charge on any atom is -0.391 e. The van der Waals surface area contributed by atoms with Gasteiger partial charge in [0.2, 0.25) is 0 Å². The minimum absolute atomic E-state index is 0.277. The molecule has 0 aromatic carbocycles. The van der Waals surface area contributed by atoms with E-state index in [1.165, 1.54) is 10.4 Å². The third-order valence-electron chi connectivity index (χ3n) is 3.83. The zero-order valence-electron chi connectivity index (χ0n) is 11.0. The summed E-state index contributed by atoms with van der Waals surface area (Å²) < 4.78 is 0. The zero-order valence-corrected chi connectivity index (χ0v) is 11.9. The van der Waals surface area contributed by atoms with Gasteiger partial charge < -0.3 is 10.1 Å². The quantitative estimate of drug-likeness (QED) is 0.903. The van der Waals surface area contributed by atoms with Crippen LogP contribution < -0.4 is 0 Å². The first kappa shape index (κ1) is 12.8. The van der Waals surface area contributed by atoms with Crippen molar-refractivity contribution in [1.82, 2.24) is 14.9 Å². The fourth-order valence-corrected chi connectivity index (χ4v) is 3.93. The maximum absolute atomic E-state index is 10.4. The number of nitrogens with zero attached hydrogens (tertiary/aromatic N) is 2. The molecule has 1 saturated heterocycles. The van der Waals surface area contributed by atoms with Crippen LogP contribution in [0.15, 0.2) is 23.8 Å². The van der Waals surface area contributed by atoms with E-state index in [1.54, 1.807) is 17.5 Å². The van der Waals surface area contributed by atoms with Crippen LogP contribution in [0.4, 0.5) is 0 Å². The highest BCUT2D eigenvalue weighted by atomic mass is 32.1. The molecule has 0 unspecified atom stereocenters. The molecular weight excluding hydrogens is 258 g/mol. The minimum atomic E-state index is -0.277. The monoisotopic (exact) mass is 277 g/mol. The van der Waals surface area contributed by atoms with E-state index >= 15 is 0 Å². The third kappa shape index (κ3) is 2.73. The molecule has 2 aromatic heterocycles. The number of aryl methyl sites for hydroxylation is 1. The number of β-amino-alcohol motifs (C(OH)–C–C–N with tert-alkyl or cyclic N) is 1. The van der Waals surface area contributed by atoms with Gasteiger partial charge in [0, 0.05) is 29.7 Å². The standard InChI is InChI=1S/C14H19N3OS/c1-10-3-7-19-14(10)11-2-6-17(8-12(11)18)9-13-15-4-5-16-13/h3-5,7,11-12,18H,2,6,8-9H2,1H3,(H,15,16)/t11-,12-/m1/s1. The van der Waals surface area contributed by atoms with Gasteiger partial charge in [-0.05, 0) is 36.9 Å². The van der Waals surface area contributed by atoms with Crippen LogP contribution in [0.5, 0.6) is 0 Å². The Morgan fingerprint density at radius 1 is 1.58 bits per heavy atom. The van der Waals surface area contributed by atoms with Crippen LogP contribution in [0.25, 0.3) is 0 Å². The average molecular weight is 277 g/mol. The summed E-state index contributed by atoms with van der Waals surface area (Å²) in [4.78, 5) is 11.0. The second-order valence-corrected chi connectivity index (χ2v) is 6.15. The number of aliphatic hydroxyl groups excluding tert-OH is 1. The molecule has 19 heavy (non-hydrogen) atoms. The molecule has 1 aliphatic heterocycles. The maximum Gasteiger partial charge on any atom is 0.120 e. The molecule has 0 radical (unpaired) electrons. The number of H-pyrrole nitrogens is 1. The Balaban J connectivity index is 1.64. The van der Waals surface area contributed by atoms with Gasteiger partial charge in [0.15, 0.2) is 0 Å². The number of rotatable bonds is 3. The van der Waals surface area contributed by atoms with Gasteiger partial charge in [-0.2, -0.15) is 0 Å². The topological polar surface area (TPSA) is 52.2 Å². The normalized spacial score (nSPS) is 24.7. The van der Waals surface area contributed by atoms with Crippen LogP contribution >= 0.6 is 11.3 Å². The number of aliphatic hydroxyl groups is 1. The highest BCUT2D eigenvalue weighted by Gasteiger charge is 2.30. The van der Waals surface area contributed by atoms with E-state index in [2.05, 4.69) is 33.2 Å². The molecule has 2 N–H and O–H groups in total. The van der Waals surface area contributed by atoms with Crippen LogP contribution in [0, 0.1) is 6.92 Å². The molecule has 0 bridgehead atoms. The number of piperidine rings is 1. The van der Waals surface area contributed by atoms with Crippen molar-refractivity contribution in [1.29, 1.82) is 0 Å². The van der Waals surface area contributed by atoms with E-state index in [0.717, 1.165) is 31.9 Å². The summed E-state index contributed by atoms with van der Waals surface area (Å²) in [6, 6.07) is 2.14. The molecule has 102 valence electrons. The van der Waals surface area contributed by atoms with E-state index in [1.807, 2.05) is 6.20 Å². The molecule has 5 heteroatoms. The summed E-state index contributed by atoms with van der Waals surface area (Å²) in [5.41, 5.74) is 1.31. The predicted octanol–water partition coefficient (Wildman–Crippen LogP) is 2.13. The Hall–Kier alpha value is -1.17. The summed E-state index contributed by atoms with van der Waals surface area (Å²) >= 11 is 1.77. The molecule has 0 spiro atoms. The molecule has 2 aromatic rings. The van der Waals surface area contributed by atoms with E-state index in [-0.39, 0.29) is 6.10 Å². The lowest BCUT2D eigenvalue weighted by Crippen LogP contribution is -2.42. The number of aromatic amines is 1. The van der Waals surface area contributed by atoms with E-state index in [4.69, 9.17) is 0 Å². The molecule has 0 amide bonds. The number of hydrogen-bond acceptors (Lipinski definition) is 4. The Morgan fingerprint density at radius 2 is 2.47 bits per heavy atom. The molecule has 1 aliphatic rings. The van der Waals surface area contributed by atoms with Crippen molar-refractivity contribution in [2.75, 3.05) is 13.1 Å². The zero-order chi connectivity index (χ0) is 13.2. The lowest BCUT2D eigenvalue weighted by atomic mass is 9.91. The van der Waals surface area contributed by atoms with Crippen molar-refractivity contribution in [3.8, 4) is 0 Å². The Kier molecular flexibility index (Phi) is 3.68. The van der Waals surface area contributed by atoms with Gasteiger partial charge in [0.1, 0.15) is 5.82 Å². The van der Waals surface area contributed by atoms with Gasteiger partial charge in [0.25, 0.3) is 0 Å². The van der Waals surface area contributed by atoms with Gasteiger partial charge in [-0.25, -0.2) is 4.98 Å². The van der Waals surface area contributed by atoms with Crippen LogP contribution in [0.1, 0.15) is 28.6 Å². The molecule has 2 atom stereocenters. The van der Waals surface area contributed by atoms with Crippen LogP contribution in [0.3, 0.4) is 0 Å². The predicted molar refractivity (Wildman–Crippen MR) is 76.3 cm³/mol. The molecule has 3 heterocycles. The highest BCUT2D eigenvalue weighted by molar-refractivity contribution is 7.10. The highest BCUT2D eigenvalue weighted by Crippen LogP contribution is 2.34. The number of nitrogens with one attached hydrogen (secondary N) is 1. The summed E-state index contributed by atoms with van der Waals surface area (Å²) in [5.74, 6) is 1.27. The molecule has 0 aliphatic carbocycles. The molecule has 3 rings (SSSR count). The average Bonchev–Trinajstić information content (AvgIpc) is 3.02. The first-order chi connectivity index (χ1) is 9.24.